The highest BCUT2D eigenvalue weighted by molar-refractivity contribution is 5.68. The standard InChI is InChI=1S/C18H29NO4/c1-14(16-9-7-12-22-16)21-13-10-15-8-5-6-11-19(15)17(20)23-18(2,3)4/h7,9,12,14-15H,5-6,8,10-11,13H2,1-4H3/t14-,15+/m1/s1. The number of rotatable bonds is 5. The average molecular weight is 323 g/mol. The summed E-state index contributed by atoms with van der Waals surface area (Å²) in [4.78, 5) is 14.2. The quantitative estimate of drug-likeness (QED) is 0.798. The highest BCUT2D eigenvalue weighted by Crippen LogP contribution is 2.24. The Labute approximate surface area is 138 Å². The molecule has 5 nitrogen and oxygen atoms in total. The number of nitrogens with zero attached hydrogens (tertiary/aromatic N) is 1. The van der Waals surface area contributed by atoms with Gasteiger partial charge in [-0.15, -0.1) is 0 Å². The molecular formula is C18H29NO4. The van der Waals surface area contributed by atoms with Gasteiger partial charge in [0, 0.05) is 19.2 Å². The van der Waals surface area contributed by atoms with Gasteiger partial charge in [-0.05, 0) is 65.5 Å². The highest BCUT2D eigenvalue weighted by atomic mass is 16.6. The Morgan fingerprint density at radius 3 is 2.87 bits per heavy atom. The second-order valence-corrected chi connectivity index (χ2v) is 7.14. The first-order chi connectivity index (χ1) is 10.9. The van der Waals surface area contributed by atoms with Gasteiger partial charge < -0.3 is 18.8 Å². The molecule has 23 heavy (non-hydrogen) atoms. The average Bonchev–Trinajstić information content (AvgIpc) is 3.00. The van der Waals surface area contributed by atoms with Crippen LogP contribution in [0.2, 0.25) is 0 Å². The van der Waals surface area contributed by atoms with Crippen LogP contribution in [-0.2, 0) is 9.47 Å². The van der Waals surface area contributed by atoms with Crippen molar-refractivity contribution < 1.29 is 18.7 Å². The molecule has 0 saturated carbocycles. The third kappa shape index (κ3) is 5.57. The van der Waals surface area contributed by atoms with Gasteiger partial charge in [0.1, 0.15) is 17.5 Å². The first-order valence-electron chi connectivity index (χ1n) is 8.51. The summed E-state index contributed by atoms with van der Waals surface area (Å²) in [5.74, 6) is 0.831. The van der Waals surface area contributed by atoms with Crippen LogP contribution in [0.1, 0.15) is 65.2 Å². The zero-order valence-corrected chi connectivity index (χ0v) is 14.7. The normalized spacial score (nSPS) is 20.3. The zero-order chi connectivity index (χ0) is 16.9. The molecule has 1 fully saturated rings. The van der Waals surface area contributed by atoms with Crippen LogP contribution in [0.5, 0.6) is 0 Å². The first-order valence-corrected chi connectivity index (χ1v) is 8.51. The summed E-state index contributed by atoms with van der Waals surface area (Å²) in [6.45, 7) is 9.05. The maximum atomic E-state index is 12.4. The van der Waals surface area contributed by atoms with Gasteiger partial charge in [-0.2, -0.15) is 0 Å². The van der Waals surface area contributed by atoms with Crippen molar-refractivity contribution in [2.24, 2.45) is 0 Å². The monoisotopic (exact) mass is 323 g/mol. The number of carbonyl (C=O) groups excluding carboxylic acids is 1. The van der Waals surface area contributed by atoms with Crippen LogP contribution >= 0.6 is 0 Å². The van der Waals surface area contributed by atoms with Crippen LogP contribution in [0.3, 0.4) is 0 Å². The molecule has 1 amide bonds. The number of furan rings is 1. The van der Waals surface area contributed by atoms with E-state index in [0.29, 0.717) is 6.61 Å². The molecule has 0 radical (unpaired) electrons. The smallest absolute Gasteiger partial charge is 0.410 e. The SMILES string of the molecule is C[C@@H](OCC[C@@H]1CCCCN1C(=O)OC(C)(C)C)c1ccco1. The third-order valence-electron chi connectivity index (χ3n) is 4.02. The van der Waals surface area contributed by atoms with Crippen molar-refractivity contribution in [3.05, 3.63) is 24.2 Å². The molecule has 5 heteroatoms. The second-order valence-electron chi connectivity index (χ2n) is 7.14. The van der Waals surface area contributed by atoms with E-state index >= 15 is 0 Å². The molecule has 0 unspecified atom stereocenters. The largest absolute Gasteiger partial charge is 0.467 e. The van der Waals surface area contributed by atoms with Crippen LogP contribution in [0.4, 0.5) is 4.79 Å². The number of hydrogen-bond donors (Lipinski definition) is 0. The molecule has 1 aliphatic rings. The fourth-order valence-corrected chi connectivity index (χ4v) is 2.85. The molecule has 0 spiro atoms. The Kier molecular flexibility index (Phi) is 6.10. The van der Waals surface area contributed by atoms with Crippen LogP contribution in [0.25, 0.3) is 0 Å². The Morgan fingerprint density at radius 2 is 2.22 bits per heavy atom. The van der Waals surface area contributed by atoms with Gasteiger partial charge in [0.05, 0.1) is 6.26 Å². The molecule has 0 N–H and O–H groups in total. The molecule has 2 rings (SSSR count). The molecule has 1 aromatic heterocycles. The Balaban J connectivity index is 1.82. The predicted octanol–water partition coefficient (Wildman–Crippen LogP) is 4.54. The van der Waals surface area contributed by atoms with E-state index < -0.39 is 5.60 Å². The lowest BCUT2D eigenvalue weighted by molar-refractivity contribution is -0.00230. The lowest BCUT2D eigenvalue weighted by Gasteiger charge is -2.36. The molecule has 2 heterocycles. The number of ether oxygens (including phenoxy) is 2. The summed E-state index contributed by atoms with van der Waals surface area (Å²) < 4.78 is 16.7. The maximum Gasteiger partial charge on any atom is 0.410 e. The van der Waals surface area contributed by atoms with Gasteiger partial charge in [0.25, 0.3) is 0 Å². The van der Waals surface area contributed by atoms with E-state index in [1.54, 1.807) is 6.26 Å². The lowest BCUT2D eigenvalue weighted by atomic mass is 10.0. The minimum absolute atomic E-state index is 0.0661. The number of likely N-dealkylation sites (tertiary alicyclic amines) is 1. The fourth-order valence-electron chi connectivity index (χ4n) is 2.85. The molecule has 130 valence electrons. The summed E-state index contributed by atoms with van der Waals surface area (Å²) in [5.41, 5.74) is -0.455. The topological polar surface area (TPSA) is 51.9 Å². The zero-order valence-electron chi connectivity index (χ0n) is 14.7. The Hall–Kier alpha value is -1.49. The Morgan fingerprint density at radius 1 is 1.43 bits per heavy atom. The molecule has 0 aromatic carbocycles. The first kappa shape index (κ1) is 17.9. The van der Waals surface area contributed by atoms with Crippen LogP contribution in [0, 0.1) is 0 Å². The number of hydrogen-bond acceptors (Lipinski definition) is 4. The van der Waals surface area contributed by atoms with E-state index in [0.717, 1.165) is 38.0 Å². The van der Waals surface area contributed by atoms with Gasteiger partial charge in [0.15, 0.2) is 0 Å². The number of piperidine rings is 1. The molecule has 1 aliphatic heterocycles. The van der Waals surface area contributed by atoms with Gasteiger partial charge >= 0.3 is 6.09 Å². The molecule has 1 aromatic rings. The van der Waals surface area contributed by atoms with Crippen LogP contribution < -0.4 is 0 Å². The van der Waals surface area contributed by atoms with E-state index in [2.05, 4.69) is 0 Å². The molecule has 1 saturated heterocycles. The van der Waals surface area contributed by atoms with E-state index in [1.165, 1.54) is 0 Å². The molecular weight excluding hydrogens is 294 g/mol. The summed E-state index contributed by atoms with van der Waals surface area (Å²) in [7, 11) is 0. The van der Waals surface area contributed by atoms with Gasteiger partial charge in [0.2, 0.25) is 0 Å². The minimum Gasteiger partial charge on any atom is -0.467 e. The summed E-state index contributed by atoms with van der Waals surface area (Å²) in [5, 5.41) is 0. The molecule has 0 aliphatic carbocycles. The predicted molar refractivity (Wildman–Crippen MR) is 88.3 cm³/mol. The maximum absolute atomic E-state index is 12.4. The molecule has 0 bridgehead atoms. The van der Waals surface area contributed by atoms with Crippen molar-refractivity contribution in [2.75, 3.05) is 13.2 Å². The molecule has 2 atom stereocenters. The van der Waals surface area contributed by atoms with Crippen molar-refractivity contribution in [2.45, 2.75) is 71.1 Å². The summed E-state index contributed by atoms with van der Waals surface area (Å²) >= 11 is 0. The van der Waals surface area contributed by atoms with Crippen molar-refractivity contribution in [3.8, 4) is 0 Å². The lowest BCUT2D eigenvalue weighted by Crippen LogP contribution is -2.46. The van der Waals surface area contributed by atoms with Gasteiger partial charge in [-0.3, -0.25) is 0 Å². The van der Waals surface area contributed by atoms with Crippen molar-refractivity contribution in [1.82, 2.24) is 4.90 Å². The Bertz CT molecular complexity index is 478. The summed E-state index contributed by atoms with van der Waals surface area (Å²) in [6.07, 6.45) is 5.41. The number of amides is 1. The van der Waals surface area contributed by atoms with E-state index in [-0.39, 0.29) is 18.2 Å². The van der Waals surface area contributed by atoms with E-state index in [9.17, 15) is 4.79 Å². The highest BCUT2D eigenvalue weighted by Gasteiger charge is 2.30. The second kappa shape index (κ2) is 7.86. The minimum atomic E-state index is -0.455. The van der Waals surface area contributed by atoms with Gasteiger partial charge in [-0.25, -0.2) is 4.79 Å². The number of carbonyl (C=O) groups is 1. The van der Waals surface area contributed by atoms with Gasteiger partial charge in [-0.1, -0.05) is 0 Å². The van der Waals surface area contributed by atoms with E-state index in [4.69, 9.17) is 13.9 Å². The third-order valence-corrected chi connectivity index (χ3v) is 4.02. The van der Waals surface area contributed by atoms with Crippen molar-refractivity contribution in [1.29, 1.82) is 0 Å². The summed E-state index contributed by atoms with van der Waals surface area (Å²) in [6, 6.07) is 3.97. The van der Waals surface area contributed by atoms with Crippen LogP contribution in [0.15, 0.2) is 22.8 Å². The van der Waals surface area contributed by atoms with Crippen LogP contribution in [-0.4, -0.2) is 35.8 Å². The fraction of sp³-hybridized carbons (Fsp3) is 0.722. The van der Waals surface area contributed by atoms with Crippen molar-refractivity contribution >= 4 is 6.09 Å². The van der Waals surface area contributed by atoms with Crippen molar-refractivity contribution in [3.63, 3.8) is 0 Å². The van der Waals surface area contributed by atoms with E-state index in [1.807, 2.05) is 44.7 Å².